The van der Waals surface area contributed by atoms with Crippen LogP contribution in [0.15, 0.2) is 6.33 Å². The molecule has 4 nitrogen and oxygen atoms in total. The number of anilines is 2. The van der Waals surface area contributed by atoms with Crippen LogP contribution in [0.2, 0.25) is 0 Å². The van der Waals surface area contributed by atoms with E-state index in [0.717, 1.165) is 30.8 Å². The molecule has 1 heterocycles. The van der Waals surface area contributed by atoms with Crippen LogP contribution in [-0.4, -0.2) is 28.5 Å². The van der Waals surface area contributed by atoms with Crippen LogP contribution in [0.4, 0.5) is 11.6 Å². The second-order valence-electron chi connectivity index (χ2n) is 4.32. The van der Waals surface area contributed by atoms with Gasteiger partial charge in [0.25, 0.3) is 0 Å². The van der Waals surface area contributed by atoms with Gasteiger partial charge in [0.2, 0.25) is 0 Å². The molecule has 0 amide bonds. The van der Waals surface area contributed by atoms with Gasteiger partial charge in [-0.25, -0.2) is 9.97 Å². The summed E-state index contributed by atoms with van der Waals surface area (Å²) in [4.78, 5) is 8.34. The van der Waals surface area contributed by atoms with Gasteiger partial charge in [-0.2, -0.15) is 11.8 Å². The van der Waals surface area contributed by atoms with Gasteiger partial charge in [-0.1, -0.05) is 19.8 Å². The molecule has 18 heavy (non-hydrogen) atoms. The molecule has 0 aliphatic rings. The molecule has 1 rings (SSSR count). The van der Waals surface area contributed by atoms with Crippen LogP contribution in [0, 0.1) is 0 Å². The van der Waals surface area contributed by atoms with E-state index in [1.165, 1.54) is 31.3 Å². The van der Waals surface area contributed by atoms with Crippen LogP contribution < -0.4 is 11.1 Å². The molecule has 0 radical (unpaired) electrons. The highest BCUT2D eigenvalue weighted by atomic mass is 32.2. The van der Waals surface area contributed by atoms with Gasteiger partial charge in [-0.05, 0) is 31.3 Å². The highest BCUT2D eigenvalue weighted by Crippen LogP contribution is 2.19. The monoisotopic (exact) mass is 268 g/mol. The summed E-state index contributed by atoms with van der Waals surface area (Å²) in [6.45, 7) is 3.10. The first-order chi connectivity index (χ1) is 8.79. The minimum Gasteiger partial charge on any atom is -0.383 e. The van der Waals surface area contributed by atoms with Gasteiger partial charge in [0.1, 0.15) is 18.0 Å². The van der Waals surface area contributed by atoms with E-state index in [0.29, 0.717) is 5.82 Å². The van der Waals surface area contributed by atoms with Crippen LogP contribution in [0.3, 0.4) is 0 Å². The van der Waals surface area contributed by atoms with E-state index in [-0.39, 0.29) is 0 Å². The maximum atomic E-state index is 5.88. The van der Waals surface area contributed by atoms with E-state index in [1.807, 2.05) is 11.8 Å². The van der Waals surface area contributed by atoms with Crippen LogP contribution in [0.1, 0.15) is 38.2 Å². The predicted molar refractivity (Wildman–Crippen MR) is 81.2 cm³/mol. The zero-order valence-electron chi connectivity index (χ0n) is 11.4. The lowest BCUT2D eigenvalue weighted by Crippen LogP contribution is -2.09. The van der Waals surface area contributed by atoms with E-state index >= 15 is 0 Å². The molecule has 102 valence electrons. The second-order valence-corrected chi connectivity index (χ2v) is 5.30. The standard InChI is InChI=1S/C13H24N4S/c1-3-7-11-12(14)16-10-17-13(11)15-8-5-4-6-9-18-2/h10H,3-9H2,1-2H3,(H3,14,15,16,17). The minimum atomic E-state index is 0.608. The van der Waals surface area contributed by atoms with Gasteiger partial charge in [0.05, 0.1) is 0 Å². The van der Waals surface area contributed by atoms with Crippen LogP contribution in [0.25, 0.3) is 0 Å². The average molecular weight is 268 g/mol. The first-order valence-corrected chi connectivity index (χ1v) is 8.01. The SMILES string of the molecule is CCCc1c(N)ncnc1NCCCCCSC. The number of hydrogen-bond acceptors (Lipinski definition) is 5. The molecule has 0 bridgehead atoms. The van der Waals surface area contributed by atoms with E-state index in [4.69, 9.17) is 5.73 Å². The first-order valence-electron chi connectivity index (χ1n) is 6.61. The van der Waals surface area contributed by atoms with Crippen molar-refractivity contribution in [1.82, 2.24) is 9.97 Å². The lowest BCUT2D eigenvalue weighted by molar-refractivity contribution is 0.746. The number of hydrogen-bond donors (Lipinski definition) is 2. The largest absolute Gasteiger partial charge is 0.383 e. The number of aromatic nitrogens is 2. The quantitative estimate of drug-likeness (QED) is 0.674. The maximum absolute atomic E-state index is 5.88. The van der Waals surface area contributed by atoms with Gasteiger partial charge in [-0.15, -0.1) is 0 Å². The van der Waals surface area contributed by atoms with Gasteiger partial charge in [0, 0.05) is 12.1 Å². The van der Waals surface area contributed by atoms with Gasteiger partial charge >= 0.3 is 0 Å². The van der Waals surface area contributed by atoms with Crippen molar-refractivity contribution in [3.8, 4) is 0 Å². The topological polar surface area (TPSA) is 63.8 Å². The molecule has 0 saturated carbocycles. The van der Waals surface area contributed by atoms with Crippen LogP contribution in [-0.2, 0) is 6.42 Å². The van der Waals surface area contributed by atoms with Gasteiger partial charge < -0.3 is 11.1 Å². The van der Waals surface area contributed by atoms with Crippen molar-refractivity contribution < 1.29 is 0 Å². The number of unbranched alkanes of at least 4 members (excludes halogenated alkanes) is 2. The molecule has 1 aromatic rings. The van der Waals surface area contributed by atoms with Crippen molar-refractivity contribution >= 4 is 23.4 Å². The summed E-state index contributed by atoms with van der Waals surface area (Å²) in [6.07, 6.45) is 9.40. The number of nitrogen functional groups attached to an aromatic ring is 1. The summed E-state index contributed by atoms with van der Waals surface area (Å²) in [5.74, 6) is 2.77. The molecule has 1 aromatic heterocycles. The Balaban J connectivity index is 2.39. The van der Waals surface area contributed by atoms with Crippen molar-refractivity contribution in [2.75, 3.05) is 29.6 Å². The smallest absolute Gasteiger partial charge is 0.134 e. The Labute approximate surface area is 114 Å². The normalized spacial score (nSPS) is 10.6. The van der Waals surface area contributed by atoms with Crippen molar-refractivity contribution in [3.05, 3.63) is 11.9 Å². The van der Waals surface area contributed by atoms with Gasteiger partial charge in [-0.3, -0.25) is 0 Å². The molecule has 0 saturated heterocycles. The number of rotatable bonds is 9. The number of nitrogens with two attached hydrogens (primary N) is 1. The first kappa shape index (κ1) is 15.1. The van der Waals surface area contributed by atoms with E-state index in [9.17, 15) is 0 Å². The fourth-order valence-corrected chi connectivity index (χ4v) is 2.32. The summed E-state index contributed by atoms with van der Waals surface area (Å²) in [5, 5.41) is 3.38. The highest BCUT2D eigenvalue weighted by molar-refractivity contribution is 7.98. The Hall–Kier alpha value is -0.970. The molecule has 3 N–H and O–H groups in total. The van der Waals surface area contributed by atoms with Crippen molar-refractivity contribution in [2.45, 2.75) is 39.0 Å². The van der Waals surface area contributed by atoms with Crippen molar-refractivity contribution in [2.24, 2.45) is 0 Å². The minimum absolute atomic E-state index is 0.608. The summed E-state index contributed by atoms with van der Waals surface area (Å²) in [6, 6.07) is 0. The van der Waals surface area contributed by atoms with Crippen molar-refractivity contribution in [1.29, 1.82) is 0 Å². The Morgan fingerprint density at radius 1 is 1.28 bits per heavy atom. The highest BCUT2D eigenvalue weighted by Gasteiger charge is 2.07. The maximum Gasteiger partial charge on any atom is 0.134 e. The Bertz CT molecular complexity index is 344. The molecule has 0 aliphatic heterocycles. The predicted octanol–water partition coefficient (Wildman–Crippen LogP) is 2.96. The zero-order chi connectivity index (χ0) is 13.2. The Kier molecular flexibility index (Phi) is 7.57. The van der Waals surface area contributed by atoms with Crippen molar-refractivity contribution in [3.63, 3.8) is 0 Å². The zero-order valence-corrected chi connectivity index (χ0v) is 12.2. The summed E-state index contributed by atoms with van der Waals surface area (Å²) >= 11 is 1.91. The molecule has 0 aliphatic carbocycles. The third-order valence-corrected chi connectivity index (χ3v) is 3.49. The van der Waals surface area contributed by atoms with E-state index in [2.05, 4.69) is 28.5 Å². The Morgan fingerprint density at radius 3 is 2.83 bits per heavy atom. The summed E-state index contributed by atoms with van der Waals surface area (Å²) in [7, 11) is 0. The number of nitrogens with one attached hydrogen (secondary N) is 1. The molecule has 0 fully saturated rings. The lowest BCUT2D eigenvalue weighted by atomic mass is 10.1. The molecule has 0 unspecified atom stereocenters. The third-order valence-electron chi connectivity index (χ3n) is 2.80. The average Bonchev–Trinajstić information content (AvgIpc) is 2.37. The van der Waals surface area contributed by atoms with E-state index < -0.39 is 0 Å². The summed E-state index contributed by atoms with van der Waals surface area (Å²) in [5.41, 5.74) is 6.94. The van der Waals surface area contributed by atoms with E-state index in [1.54, 1.807) is 0 Å². The number of nitrogens with zero attached hydrogens (tertiary/aromatic N) is 2. The molecule has 5 heteroatoms. The molecule has 0 atom stereocenters. The molecule has 0 aromatic carbocycles. The van der Waals surface area contributed by atoms with Gasteiger partial charge in [0.15, 0.2) is 0 Å². The van der Waals surface area contributed by atoms with Crippen LogP contribution in [0.5, 0.6) is 0 Å². The molecular formula is C13H24N4S. The number of thioether (sulfide) groups is 1. The molecule has 0 spiro atoms. The summed E-state index contributed by atoms with van der Waals surface area (Å²) < 4.78 is 0. The Morgan fingerprint density at radius 2 is 2.11 bits per heavy atom. The van der Waals surface area contributed by atoms with Crippen LogP contribution >= 0.6 is 11.8 Å². The lowest BCUT2D eigenvalue weighted by Gasteiger charge is -2.11. The third kappa shape index (κ3) is 5.12. The fraction of sp³-hybridized carbons (Fsp3) is 0.692. The molecular weight excluding hydrogens is 244 g/mol. The second kappa shape index (κ2) is 9.03. The fourth-order valence-electron chi connectivity index (χ4n) is 1.83.